The van der Waals surface area contributed by atoms with Crippen LogP contribution in [0.1, 0.15) is 17.0 Å². The molecule has 0 atom stereocenters. The van der Waals surface area contributed by atoms with Crippen LogP contribution in [0.15, 0.2) is 24.3 Å². The van der Waals surface area contributed by atoms with Gasteiger partial charge >= 0.3 is 5.97 Å². The number of rotatable bonds is 8. The lowest BCUT2D eigenvalue weighted by Crippen LogP contribution is -2.25. The van der Waals surface area contributed by atoms with E-state index in [1.807, 2.05) is 0 Å². The highest BCUT2D eigenvalue weighted by atomic mass is 32.1. The Morgan fingerprint density at radius 1 is 1.45 bits per heavy atom. The van der Waals surface area contributed by atoms with E-state index in [-0.39, 0.29) is 18.8 Å². The third-order valence-electron chi connectivity index (χ3n) is 2.85. The topological polar surface area (TPSA) is 75.6 Å². The van der Waals surface area contributed by atoms with Gasteiger partial charge in [0.15, 0.2) is 0 Å². The summed E-state index contributed by atoms with van der Waals surface area (Å²) >= 11 is 1.33. The first-order valence-electron chi connectivity index (χ1n) is 6.61. The number of nitrogens with zero attached hydrogens (tertiary/aromatic N) is 3. The highest BCUT2D eigenvalue weighted by Gasteiger charge is 2.15. The van der Waals surface area contributed by atoms with E-state index >= 15 is 0 Å². The molecule has 0 fully saturated rings. The van der Waals surface area contributed by atoms with Crippen LogP contribution in [0.5, 0.6) is 0 Å². The molecule has 22 heavy (non-hydrogen) atoms. The Balaban J connectivity index is 2.15. The molecule has 0 amide bonds. The van der Waals surface area contributed by atoms with E-state index in [0.717, 1.165) is 5.56 Å². The molecule has 118 valence electrons. The second-order valence-electron chi connectivity index (χ2n) is 4.61. The predicted molar refractivity (Wildman–Crippen MR) is 80.3 cm³/mol. The summed E-state index contributed by atoms with van der Waals surface area (Å²) in [6.45, 7) is 0.991. The number of benzene rings is 1. The second-order valence-corrected chi connectivity index (χ2v) is 5.65. The Labute approximate surface area is 131 Å². The summed E-state index contributed by atoms with van der Waals surface area (Å²) in [5, 5.41) is 18.2. The number of anilines is 1. The summed E-state index contributed by atoms with van der Waals surface area (Å²) in [6.07, 6.45) is -0.0332. The Hall–Kier alpha value is -2.06. The number of aliphatic carboxylic acids is 1. The maximum atomic E-state index is 13.3. The fraction of sp³-hybridized carbons (Fsp3) is 0.357. The van der Waals surface area contributed by atoms with Crippen molar-refractivity contribution in [2.45, 2.75) is 19.6 Å². The average Bonchev–Trinajstić information content (AvgIpc) is 2.92. The highest BCUT2D eigenvalue weighted by molar-refractivity contribution is 7.15. The second kappa shape index (κ2) is 7.81. The van der Waals surface area contributed by atoms with E-state index in [9.17, 15) is 9.18 Å². The van der Waals surface area contributed by atoms with Crippen LogP contribution in [0.4, 0.5) is 9.52 Å². The van der Waals surface area contributed by atoms with Gasteiger partial charge in [-0.1, -0.05) is 23.5 Å². The van der Waals surface area contributed by atoms with Crippen molar-refractivity contribution in [3.63, 3.8) is 0 Å². The SMILES string of the molecule is COCc1nnc(N(CCC(=O)O)Cc2cccc(F)c2)s1. The number of hydrogen-bond acceptors (Lipinski definition) is 6. The Kier molecular flexibility index (Phi) is 5.79. The van der Waals surface area contributed by atoms with Gasteiger partial charge in [-0.05, 0) is 17.7 Å². The molecule has 0 aliphatic heterocycles. The maximum Gasteiger partial charge on any atom is 0.305 e. The maximum absolute atomic E-state index is 13.3. The van der Waals surface area contributed by atoms with E-state index in [0.29, 0.717) is 23.3 Å². The monoisotopic (exact) mass is 325 g/mol. The van der Waals surface area contributed by atoms with Gasteiger partial charge in [-0.25, -0.2) is 4.39 Å². The van der Waals surface area contributed by atoms with Crippen molar-refractivity contribution in [2.24, 2.45) is 0 Å². The molecular weight excluding hydrogens is 309 g/mol. The van der Waals surface area contributed by atoms with Gasteiger partial charge in [0.05, 0.1) is 6.42 Å². The van der Waals surface area contributed by atoms with Crippen molar-refractivity contribution in [1.82, 2.24) is 10.2 Å². The molecule has 2 aromatic rings. The van der Waals surface area contributed by atoms with Gasteiger partial charge in [0.25, 0.3) is 0 Å². The summed E-state index contributed by atoms with van der Waals surface area (Å²) in [5.74, 6) is -1.22. The number of ether oxygens (including phenoxy) is 1. The molecule has 1 heterocycles. The molecule has 0 saturated carbocycles. The molecule has 8 heteroatoms. The normalized spacial score (nSPS) is 10.6. The summed E-state index contributed by atoms with van der Waals surface area (Å²) in [5.41, 5.74) is 0.744. The van der Waals surface area contributed by atoms with Crippen LogP contribution in [0.3, 0.4) is 0 Å². The van der Waals surface area contributed by atoms with Crippen LogP contribution in [-0.2, 0) is 22.7 Å². The van der Waals surface area contributed by atoms with Crippen molar-refractivity contribution >= 4 is 22.4 Å². The minimum absolute atomic E-state index is 0.0332. The predicted octanol–water partition coefficient (Wildman–Crippen LogP) is 2.30. The van der Waals surface area contributed by atoms with Crippen LogP contribution in [0.25, 0.3) is 0 Å². The quantitative estimate of drug-likeness (QED) is 0.803. The number of carboxylic acids is 1. The summed E-state index contributed by atoms with van der Waals surface area (Å²) in [7, 11) is 1.57. The van der Waals surface area contributed by atoms with Gasteiger partial charge in [0, 0.05) is 20.2 Å². The molecule has 0 unspecified atom stereocenters. The van der Waals surface area contributed by atoms with Crippen molar-refractivity contribution in [3.05, 3.63) is 40.7 Å². The molecular formula is C14H16FN3O3S. The number of hydrogen-bond donors (Lipinski definition) is 1. The lowest BCUT2D eigenvalue weighted by Gasteiger charge is -2.20. The number of carboxylic acid groups (broad SMARTS) is 1. The van der Waals surface area contributed by atoms with Gasteiger partial charge in [0.1, 0.15) is 17.4 Å². The van der Waals surface area contributed by atoms with Gasteiger partial charge in [-0.3, -0.25) is 4.79 Å². The first-order valence-corrected chi connectivity index (χ1v) is 7.42. The third kappa shape index (κ3) is 4.74. The average molecular weight is 325 g/mol. The van der Waals surface area contributed by atoms with E-state index in [1.165, 1.54) is 23.5 Å². The largest absolute Gasteiger partial charge is 0.481 e. The number of carbonyl (C=O) groups is 1. The van der Waals surface area contributed by atoms with Crippen molar-refractivity contribution < 1.29 is 19.0 Å². The standard InChI is InChI=1S/C14H16FN3O3S/c1-21-9-12-16-17-14(22-12)18(6-5-13(19)20)8-10-3-2-4-11(15)7-10/h2-4,7H,5-6,8-9H2,1H3,(H,19,20). The summed E-state index contributed by atoms with van der Waals surface area (Å²) in [4.78, 5) is 12.6. The Morgan fingerprint density at radius 2 is 2.27 bits per heavy atom. The van der Waals surface area contributed by atoms with Crippen molar-refractivity contribution in [1.29, 1.82) is 0 Å². The fourth-order valence-electron chi connectivity index (χ4n) is 1.88. The third-order valence-corrected chi connectivity index (χ3v) is 3.81. The van der Waals surface area contributed by atoms with Gasteiger partial charge in [-0.15, -0.1) is 10.2 Å². The van der Waals surface area contributed by atoms with Gasteiger partial charge < -0.3 is 14.7 Å². The molecule has 0 saturated heterocycles. The van der Waals surface area contributed by atoms with Crippen molar-refractivity contribution in [3.8, 4) is 0 Å². The van der Waals surface area contributed by atoms with E-state index in [4.69, 9.17) is 9.84 Å². The Morgan fingerprint density at radius 3 is 2.95 bits per heavy atom. The molecule has 1 aromatic heterocycles. The van der Waals surface area contributed by atoms with E-state index in [2.05, 4.69) is 10.2 Å². The zero-order valence-corrected chi connectivity index (χ0v) is 12.8. The van der Waals surface area contributed by atoms with Crippen LogP contribution in [0, 0.1) is 5.82 Å². The van der Waals surface area contributed by atoms with Crippen molar-refractivity contribution in [2.75, 3.05) is 18.6 Å². The highest BCUT2D eigenvalue weighted by Crippen LogP contribution is 2.23. The van der Waals surface area contributed by atoms with Gasteiger partial charge in [-0.2, -0.15) is 0 Å². The number of halogens is 1. The first-order chi connectivity index (χ1) is 10.6. The fourth-order valence-corrected chi connectivity index (χ4v) is 2.72. The van der Waals surface area contributed by atoms with E-state index < -0.39 is 5.97 Å². The zero-order chi connectivity index (χ0) is 15.9. The molecule has 0 aliphatic carbocycles. The molecule has 1 aromatic carbocycles. The van der Waals surface area contributed by atoms with Crippen LogP contribution in [0.2, 0.25) is 0 Å². The molecule has 2 rings (SSSR count). The van der Waals surface area contributed by atoms with Crippen LogP contribution >= 0.6 is 11.3 Å². The molecule has 1 N–H and O–H groups in total. The first kappa shape index (κ1) is 16.3. The summed E-state index contributed by atoms with van der Waals surface area (Å²) < 4.78 is 18.3. The number of aromatic nitrogens is 2. The molecule has 0 aliphatic rings. The Bertz CT molecular complexity index is 635. The zero-order valence-electron chi connectivity index (χ0n) is 12.0. The molecule has 0 radical (unpaired) electrons. The molecule has 0 bridgehead atoms. The van der Waals surface area contributed by atoms with E-state index in [1.54, 1.807) is 24.1 Å². The lowest BCUT2D eigenvalue weighted by molar-refractivity contribution is -0.136. The minimum atomic E-state index is -0.897. The van der Waals surface area contributed by atoms with Gasteiger partial charge in [0.2, 0.25) is 5.13 Å². The van der Waals surface area contributed by atoms with Crippen LogP contribution in [-0.4, -0.2) is 34.9 Å². The molecule has 6 nitrogen and oxygen atoms in total. The molecule has 0 spiro atoms. The lowest BCUT2D eigenvalue weighted by atomic mass is 10.2. The number of methoxy groups -OCH3 is 1. The van der Waals surface area contributed by atoms with Crippen LogP contribution < -0.4 is 4.90 Å². The smallest absolute Gasteiger partial charge is 0.305 e. The minimum Gasteiger partial charge on any atom is -0.481 e. The summed E-state index contributed by atoms with van der Waals surface area (Å²) in [6, 6.07) is 6.20.